The molecule has 15 heavy (non-hydrogen) atoms. The summed E-state index contributed by atoms with van der Waals surface area (Å²) in [5.74, 6) is 0.481. The van der Waals surface area contributed by atoms with Gasteiger partial charge in [0.05, 0.1) is 0 Å². The molecule has 1 N–H and O–H groups in total. The van der Waals surface area contributed by atoms with Gasteiger partial charge in [-0.1, -0.05) is 12.1 Å². The molecule has 0 aliphatic rings. The van der Waals surface area contributed by atoms with Gasteiger partial charge in [-0.2, -0.15) is 0 Å². The second kappa shape index (κ2) is 5.66. The van der Waals surface area contributed by atoms with Crippen LogP contribution in [0.15, 0.2) is 24.3 Å². The van der Waals surface area contributed by atoms with E-state index in [9.17, 15) is 8.78 Å². The Bertz CT molecular complexity index is 304. The summed E-state index contributed by atoms with van der Waals surface area (Å²) in [6, 6.07) is 7.35. The molecule has 0 bridgehead atoms. The van der Waals surface area contributed by atoms with E-state index in [0.29, 0.717) is 5.75 Å². The monoisotopic (exact) mass is 215 g/mol. The number of benzene rings is 1. The molecule has 0 aliphatic carbocycles. The van der Waals surface area contributed by atoms with Crippen molar-refractivity contribution in [2.24, 2.45) is 0 Å². The maximum absolute atomic E-state index is 11.9. The van der Waals surface area contributed by atoms with E-state index >= 15 is 0 Å². The van der Waals surface area contributed by atoms with E-state index in [2.05, 4.69) is 5.32 Å². The summed E-state index contributed by atoms with van der Waals surface area (Å²) >= 11 is 0. The molecule has 0 saturated carbocycles. The van der Waals surface area contributed by atoms with Crippen LogP contribution < -0.4 is 10.1 Å². The normalized spacial score (nSPS) is 12.9. The molecule has 0 aromatic heterocycles. The zero-order chi connectivity index (χ0) is 11.3. The number of rotatable bonds is 5. The van der Waals surface area contributed by atoms with E-state index in [0.717, 1.165) is 5.56 Å². The molecular weight excluding hydrogens is 200 g/mol. The number of hydrogen-bond donors (Lipinski definition) is 1. The topological polar surface area (TPSA) is 21.3 Å². The van der Waals surface area contributed by atoms with Gasteiger partial charge in [-0.3, -0.25) is 0 Å². The molecule has 2 nitrogen and oxygen atoms in total. The van der Waals surface area contributed by atoms with Crippen molar-refractivity contribution in [3.63, 3.8) is 0 Å². The zero-order valence-electron chi connectivity index (χ0n) is 8.84. The molecule has 0 radical (unpaired) electrons. The molecule has 4 heteroatoms. The fraction of sp³-hybridized carbons (Fsp3) is 0.455. The number of halogens is 2. The highest BCUT2D eigenvalue weighted by molar-refractivity contribution is 5.30. The predicted molar refractivity (Wildman–Crippen MR) is 55.4 cm³/mol. The van der Waals surface area contributed by atoms with Crippen molar-refractivity contribution >= 4 is 0 Å². The van der Waals surface area contributed by atoms with Gasteiger partial charge in [0, 0.05) is 6.04 Å². The molecule has 0 fully saturated rings. The van der Waals surface area contributed by atoms with Crippen LogP contribution >= 0.6 is 0 Å². The molecule has 1 aromatic carbocycles. The third-order valence-electron chi connectivity index (χ3n) is 2.17. The summed E-state index contributed by atoms with van der Waals surface area (Å²) in [7, 11) is 1.84. The van der Waals surface area contributed by atoms with Crippen molar-refractivity contribution in [3.05, 3.63) is 29.8 Å². The van der Waals surface area contributed by atoms with Gasteiger partial charge in [-0.25, -0.2) is 8.78 Å². The molecular formula is C11H15F2NO. The quantitative estimate of drug-likeness (QED) is 0.815. The van der Waals surface area contributed by atoms with Crippen LogP contribution in [-0.2, 0) is 0 Å². The average molecular weight is 215 g/mol. The predicted octanol–water partition coefficient (Wildman–Crippen LogP) is 2.61. The number of alkyl halides is 2. The Hall–Kier alpha value is -1.16. The van der Waals surface area contributed by atoms with Crippen LogP contribution in [0.4, 0.5) is 8.78 Å². The second-order valence-electron chi connectivity index (χ2n) is 3.28. The standard InChI is InChI=1S/C11H15F2NO/c1-8(14-2)9-4-3-5-10(6-9)15-7-11(12)13/h3-6,8,11,14H,7H2,1-2H3. The molecule has 0 spiro atoms. The van der Waals surface area contributed by atoms with Gasteiger partial charge >= 0.3 is 0 Å². The highest BCUT2D eigenvalue weighted by Crippen LogP contribution is 2.19. The van der Waals surface area contributed by atoms with Gasteiger partial charge < -0.3 is 10.1 Å². The first-order valence-corrected chi connectivity index (χ1v) is 4.81. The van der Waals surface area contributed by atoms with E-state index in [1.807, 2.05) is 20.0 Å². The summed E-state index contributed by atoms with van der Waals surface area (Å²) in [4.78, 5) is 0. The summed E-state index contributed by atoms with van der Waals surface area (Å²) in [6.07, 6.45) is -2.43. The fourth-order valence-electron chi connectivity index (χ4n) is 1.20. The first-order chi connectivity index (χ1) is 7.13. The Kier molecular flexibility index (Phi) is 4.49. The Morgan fingerprint density at radius 2 is 2.13 bits per heavy atom. The van der Waals surface area contributed by atoms with Crippen LogP contribution in [0.5, 0.6) is 5.75 Å². The Morgan fingerprint density at radius 3 is 2.73 bits per heavy atom. The summed E-state index contributed by atoms with van der Waals surface area (Å²) in [6.45, 7) is 1.43. The first kappa shape index (κ1) is 11.9. The van der Waals surface area contributed by atoms with Crippen molar-refractivity contribution in [2.45, 2.75) is 19.4 Å². The molecule has 1 atom stereocenters. The van der Waals surface area contributed by atoms with E-state index in [1.54, 1.807) is 18.2 Å². The van der Waals surface area contributed by atoms with Crippen LogP contribution in [0.25, 0.3) is 0 Å². The number of nitrogens with one attached hydrogen (secondary N) is 1. The lowest BCUT2D eigenvalue weighted by Gasteiger charge is -2.12. The third kappa shape index (κ3) is 3.83. The maximum atomic E-state index is 11.9. The average Bonchev–Trinajstić information content (AvgIpc) is 2.25. The molecule has 0 aliphatic heterocycles. The van der Waals surface area contributed by atoms with Crippen LogP contribution in [0.1, 0.15) is 18.5 Å². The van der Waals surface area contributed by atoms with Gasteiger partial charge in [0.15, 0.2) is 0 Å². The lowest BCUT2D eigenvalue weighted by molar-refractivity contribution is 0.0818. The van der Waals surface area contributed by atoms with Crippen LogP contribution in [0.2, 0.25) is 0 Å². The minimum Gasteiger partial charge on any atom is -0.488 e. The van der Waals surface area contributed by atoms with Gasteiger partial charge in [0.2, 0.25) is 0 Å². The van der Waals surface area contributed by atoms with E-state index in [4.69, 9.17) is 4.74 Å². The van der Waals surface area contributed by atoms with Crippen molar-refractivity contribution in [1.29, 1.82) is 0 Å². The first-order valence-electron chi connectivity index (χ1n) is 4.81. The smallest absolute Gasteiger partial charge is 0.272 e. The van der Waals surface area contributed by atoms with Gasteiger partial charge in [-0.05, 0) is 31.7 Å². The summed E-state index contributed by atoms with van der Waals surface area (Å²) < 4.78 is 28.7. The molecule has 0 amide bonds. The zero-order valence-corrected chi connectivity index (χ0v) is 8.84. The SMILES string of the molecule is CNC(C)c1cccc(OCC(F)F)c1. The largest absolute Gasteiger partial charge is 0.488 e. The van der Waals surface area contributed by atoms with E-state index in [-0.39, 0.29) is 6.04 Å². The minimum absolute atomic E-state index is 0.181. The molecule has 1 aromatic rings. The Balaban J connectivity index is 2.65. The number of ether oxygens (including phenoxy) is 1. The molecule has 1 unspecified atom stereocenters. The van der Waals surface area contributed by atoms with Crippen molar-refractivity contribution < 1.29 is 13.5 Å². The van der Waals surface area contributed by atoms with Crippen LogP contribution in [-0.4, -0.2) is 20.1 Å². The molecule has 1 rings (SSSR count). The molecule has 0 heterocycles. The maximum Gasteiger partial charge on any atom is 0.272 e. The van der Waals surface area contributed by atoms with Crippen molar-refractivity contribution in [2.75, 3.05) is 13.7 Å². The van der Waals surface area contributed by atoms with Gasteiger partial charge in [0.1, 0.15) is 12.4 Å². The number of hydrogen-bond acceptors (Lipinski definition) is 2. The summed E-state index contributed by atoms with van der Waals surface area (Å²) in [5, 5.41) is 3.07. The lowest BCUT2D eigenvalue weighted by Crippen LogP contribution is -2.12. The summed E-state index contributed by atoms with van der Waals surface area (Å²) in [5.41, 5.74) is 1.02. The highest BCUT2D eigenvalue weighted by Gasteiger charge is 2.06. The fourth-order valence-corrected chi connectivity index (χ4v) is 1.20. The molecule has 0 saturated heterocycles. The van der Waals surface area contributed by atoms with Crippen LogP contribution in [0.3, 0.4) is 0 Å². The second-order valence-corrected chi connectivity index (χ2v) is 3.28. The minimum atomic E-state index is -2.43. The van der Waals surface area contributed by atoms with Gasteiger partial charge in [-0.15, -0.1) is 0 Å². The van der Waals surface area contributed by atoms with E-state index < -0.39 is 13.0 Å². The van der Waals surface area contributed by atoms with Crippen LogP contribution in [0, 0.1) is 0 Å². The van der Waals surface area contributed by atoms with Crippen molar-refractivity contribution in [3.8, 4) is 5.75 Å². The van der Waals surface area contributed by atoms with Crippen molar-refractivity contribution in [1.82, 2.24) is 5.32 Å². The van der Waals surface area contributed by atoms with E-state index in [1.165, 1.54) is 0 Å². The Morgan fingerprint density at radius 1 is 1.40 bits per heavy atom. The third-order valence-corrected chi connectivity index (χ3v) is 2.17. The Labute approximate surface area is 88.3 Å². The molecule has 84 valence electrons. The highest BCUT2D eigenvalue weighted by atomic mass is 19.3. The van der Waals surface area contributed by atoms with Gasteiger partial charge in [0.25, 0.3) is 6.43 Å². The lowest BCUT2D eigenvalue weighted by atomic mass is 10.1.